The Kier molecular flexibility index (Phi) is 464. The summed E-state index contributed by atoms with van der Waals surface area (Å²) in [6.07, 6.45) is 0. The number of aliphatic carboxylic acids is 1. The summed E-state index contributed by atoms with van der Waals surface area (Å²) in [7, 11) is 0. The van der Waals surface area contributed by atoms with E-state index in [1.54, 1.807) is 0 Å². The van der Waals surface area contributed by atoms with E-state index < -0.39 is 5.97 Å². The van der Waals surface area contributed by atoms with Gasteiger partial charge in [-0.05, 0) is 6.92 Å². The first-order valence-electron chi connectivity index (χ1n) is 0.908. The number of halogens is 1. The Hall–Kier alpha value is 0.366. The molecule has 8 heteroatoms. The Balaban J connectivity index is -0.00000000300. The molecule has 0 aromatic carbocycles. The molecule has 0 heterocycles. The van der Waals surface area contributed by atoms with Gasteiger partial charge in [-0.25, -0.2) is 0 Å². The van der Waals surface area contributed by atoms with Crippen molar-refractivity contribution < 1.29 is 44.2 Å². The fraction of sp³-hybridized carbons (Fsp3) is 0.500. The predicted molar refractivity (Wildman–Crippen MR) is 30.9 cm³/mol. The van der Waals surface area contributed by atoms with E-state index in [4.69, 9.17) is 9.90 Å². The average molecular weight is 191 g/mol. The second kappa shape index (κ2) is 57.9. The van der Waals surface area contributed by atoms with Crippen LogP contribution in [0.5, 0.6) is 0 Å². The standard InChI is InChI=1S/C2H4O2.ClH.Mg.4H2O/c1-2(3)4;;;;;;/h1H3,(H,3,4);1H;;4*1H2/q;;+2;;;;/p-2. The zero-order valence-electron chi connectivity index (χ0n) is 5.40. The molecule has 6 nitrogen and oxygen atoms in total. The van der Waals surface area contributed by atoms with Gasteiger partial charge in [0.2, 0.25) is 0 Å². The minimum atomic E-state index is -1.08. The summed E-state index contributed by atoms with van der Waals surface area (Å²) in [6, 6.07) is 0. The molecule has 0 fully saturated rings. The van der Waals surface area contributed by atoms with Gasteiger partial charge in [-0.15, -0.1) is 0 Å². The van der Waals surface area contributed by atoms with Crippen LogP contribution in [0.25, 0.3) is 0 Å². The summed E-state index contributed by atoms with van der Waals surface area (Å²) < 4.78 is 0. The van der Waals surface area contributed by atoms with Crippen molar-refractivity contribution in [1.29, 1.82) is 0 Å². The molecule has 0 aromatic heterocycles. The SMILES string of the molecule is CC(=O)[O-].O.O.O.O.[Cl-].[Mg+2]. The van der Waals surface area contributed by atoms with Crippen molar-refractivity contribution in [3.63, 3.8) is 0 Å². The van der Waals surface area contributed by atoms with Gasteiger partial charge in [0.1, 0.15) is 0 Å². The molecule has 0 amide bonds. The van der Waals surface area contributed by atoms with Crippen LogP contribution in [0.3, 0.4) is 0 Å². The molecule has 0 aliphatic carbocycles. The predicted octanol–water partition coefficient (Wildman–Crippen LogP) is -7.92. The van der Waals surface area contributed by atoms with Crippen molar-refractivity contribution in [3.8, 4) is 0 Å². The molecule has 10 heavy (non-hydrogen) atoms. The van der Waals surface area contributed by atoms with E-state index >= 15 is 0 Å². The van der Waals surface area contributed by atoms with Gasteiger partial charge in [0.15, 0.2) is 0 Å². The molecule has 0 saturated carbocycles. The van der Waals surface area contributed by atoms with Crippen molar-refractivity contribution in [1.82, 2.24) is 0 Å². The fourth-order valence-electron chi connectivity index (χ4n) is 0. The van der Waals surface area contributed by atoms with Crippen LogP contribution in [0, 0.1) is 0 Å². The maximum Gasteiger partial charge on any atom is 2.00 e. The topological polar surface area (TPSA) is 166 Å². The van der Waals surface area contributed by atoms with Crippen LogP contribution >= 0.6 is 0 Å². The molecular weight excluding hydrogens is 180 g/mol. The summed E-state index contributed by atoms with van der Waals surface area (Å²) in [6.45, 7) is 0.972. The van der Waals surface area contributed by atoms with Gasteiger partial charge in [-0.3, -0.25) is 0 Å². The Bertz CT molecular complexity index is 38.7. The van der Waals surface area contributed by atoms with Gasteiger partial charge in [-0.2, -0.15) is 0 Å². The third kappa shape index (κ3) is 3380. The normalized spacial score (nSPS) is 2.50. The fourth-order valence-corrected chi connectivity index (χ4v) is 0. The van der Waals surface area contributed by atoms with Crippen LogP contribution in [0.1, 0.15) is 6.92 Å². The van der Waals surface area contributed by atoms with Crippen LogP contribution in [0.4, 0.5) is 0 Å². The van der Waals surface area contributed by atoms with Crippen LogP contribution in [0.15, 0.2) is 0 Å². The van der Waals surface area contributed by atoms with Crippen molar-refractivity contribution in [3.05, 3.63) is 0 Å². The summed E-state index contributed by atoms with van der Waals surface area (Å²) >= 11 is 0. The molecule has 0 rings (SSSR count). The summed E-state index contributed by atoms with van der Waals surface area (Å²) in [5.74, 6) is -1.08. The second-order valence-corrected chi connectivity index (χ2v) is 0.492. The van der Waals surface area contributed by atoms with Crippen molar-refractivity contribution in [2.45, 2.75) is 6.92 Å². The summed E-state index contributed by atoms with van der Waals surface area (Å²) in [5, 5.41) is 8.89. The molecule has 64 valence electrons. The van der Waals surface area contributed by atoms with E-state index in [0.717, 1.165) is 6.92 Å². The second-order valence-electron chi connectivity index (χ2n) is 0.492. The molecule has 0 aromatic rings. The maximum absolute atomic E-state index is 8.89. The Morgan fingerprint density at radius 1 is 1.10 bits per heavy atom. The first-order valence-corrected chi connectivity index (χ1v) is 0.908. The van der Waals surface area contributed by atoms with E-state index in [-0.39, 0.29) is 57.4 Å². The maximum atomic E-state index is 8.89. The molecule has 0 radical (unpaired) electrons. The van der Waals surface area contributed by atoms with E-state index in [2.05, 4.69) is 0 Å². The van der Waals surface area contributed by atoms with Gasteiger partial charge in [-0.1, -0.05) is 0 Å². The van der Waals surface area contributed by atoms with Crippen molar-refractivity contribution in [2.75, 3.05) is 0 Å². The molecule has 8 N–H and O–H groups in total. The quantitative estimate of drug-likeness (QED) is 0.347. The van der Waals surface area contributed by atoms with Crippen LogP contribution < -0.4 is 17.5 Å². The monoisotopic (exact) mass is 190 g/mol. The zero-order chi connectivity index (χ0) is 3.58. The van der Waals surface area contributed by atoms with E-state index in [1.165, 1.54) is 0 Å². The van der Waals surface area contributed by atoms with Crippen LogP contribution in [0.2, 0.25) is 0 Å². The Labute approximate surface area is 80.4 Å². The van der Waals surface area contributed by atoms with Crippen LogP contribution in [-0.2, 0) is 4.79 Å². The third-order valence-electron chi connectivity index (χ3n) is 0. The van der Waals surface area contributed by atoms with E-state index in [0.29, 0.717) is 0 Å². The summed E-state index contributed by atoms with van der Waals surface area (Å²) in [4.78, 5) is 8.89. The number of rotatable bonds is 0. The number of carboxylic acid groups (broad SMARTS) is 1. The Morgan fingerprint density at radius 3 is 1.10 bits per heavy atom. The largest absolute Gasteiger partial charge is 2.00 e. The Morgan fingerprint density at radius 2 is 1.10 bits per heavy atom. The zero-order valence-corrected chi connectivity index (χ0v) is 7.57. The minimum absolute atomic E-state index is 0. The molecule has 0 saturated heterocycles. The van der Waals surface area contributed by atoms with Gasteiger partial charge in [0.25, 0.3) is 0 Å². The van der Waals surface area contributed by atoms with Crippen molar-refractivity contribution >= 4 is 29.0 Å². The molecule has 0 aliphatic rings. The molecule has 0 bridgehead atoms. The first-order chi connectivity index (χ1) is 1.73. The number of carbonyl (C=O) groups excluding carboxylic acids is 1. The van der Waals surface area contributed by atoms with Crippen molar-refractivity contribution in [2.24, 2.45) is 0 Å². The molecule has 0 atom stereocenters. The van der Waals surface area contributed by atoms with Gasteiger partial charge < -0.3 is 44.2 Å². The van der Waals surface area contributed by atoms with E-state index in [9.17, 15) is 0 Å². The number of carbonyl (C=O) groups is 1. The van der Waals surface area contributed by atoms with Gasteiger partial charge >= 0.3 is 23.1 Å². The summed E-state index contributed by atoms with van der Waals surface area (Å²) in [5.41, 5.74) is 0. The number of carboxylic acids is 1. The van der Waals surface area contributed by atoms with E-state index in [1.807, 2.05) is 0 Å². The smallest absolute Gasteiger partial charge is 1.00 e. The third-order valence-corrected chi connectivity index (χ3v) is 0. The first kappa shape index (κ1) is 80.3. The number of hydrogen-bond donors (Lipinski definition) is 0. The minimum Gasteiger partial charge on any atom is -1.00 e. The molecule has 0 spiro atoms. The average Bonchev–Trinajstić information content (AvgIpc) is 0.811. The number of hydrogen-bond acceptors (Lipinski definition) is 2. The molecule has 0 aliphatic heterocycles. The van der Waals surface area contributed by atoms with Gasteiger partial charge in [0, 0.05) is 5.97 Å². The molecular formula is C2H11ClMgO6. The van der Waals surface area contributed by atoms with Crippen LogP contribution in [-0.4, -0.2) is 50.9 Å². The van der Waals surface area contributed by atoms with Gasteiger partial charge in [0.05, 0.1) is 0 Å². The molecule has 0 unspecified atom stereocenters.